The van der Waals surface area contributed by atoms with Crippen LogP contribution in [-0.2, 0) is 16.4 Å². The van der Waals surface area contributed by atoms with Crippen LogP contribution in [0.4, 0.5) is 0 Å². The van der Waals surface area contributed by atoms with Crippen molar-refractivity contribution >= 4 is 22.4 Å². The molecule has 0 amide bonds. The van der Waals surface area contributed by atoms with Crippen molar-refractivity contribution in [2.24, 2.45) is 17.6 Å². The molecule has 2 N–H and O–H groups in total. The van der Waals surface area contributed by atoms with E-state index in [2.05, 4.69) is 6.92 Å². The first-order valence-corrected chi connectivity index (χ1v) is 9.31. The van der Waals surface area contributed by atoms with Crippen LogP contribution in [0.25, 0.3) is 0 Å². The third-order valence-electron chi connectivity index (χ3n) is 4.98. The van der Waals surface area contributed by atoms with Gasteiger partial charge in [0.1, 0.15) is 0 Å². The Bertz CT molecular complexity index is 603. The summed E-state index contributed by atoms with van der Waals surface area (Å²) >= 11 is 0. The molecule has 1 aliphatic carbocycles. The Labute approximate surface area is 139 Å². The zero-order valence-corrected chi connectivity index (χ0v) is 14.6. The van der Waals surface area contributed by atoms with Gasteiger partial charge in [0.25, 0.3) is 0 Å². The largest absolute Gasteiger partial charge is 0.327 e. The predicted octanol–water partition coefficient (Wildman–Crippen LogP) is 2.42. The lowest BCUT2D eigenvalue weighted by molar-refractivity contribution is 0.427. The second-order valence-corrected chi connectivity index (χ2v) is 8.32. The fourth-order valence-corrected chi connectivity index (χ4v) is 5.26. The maximum absolute atomic E-state index is 12.7. The van der Waals surface area contributed by atoms with Crippen molar-refractivity contribution in [3.05, 3.63) is 29.8 Å². The molecule has 2 aliphatic rings. The first kappa shape index (κ1) is 17.7. The molecule has 3 rings (SSSR count). The minimum Gasteiger partial charge on any atom is -0.327 e. The molecule has 1 aromatic carbocycles. The van der Waals surface area contributed by atoms with E-state index in [1.54, 1.807) is 16.4 Å². The fourth-order valence-electron chi connectivity index (χ4n) is 3.73. The number of nitrogens with two attached hydrogens (primary N) is 1. The molecule has 1 saturated heterocycles. The second kappa shape index (κ2) is 6.87. The van der Waals surface area contributed by atoms with E-state index >= 15 is 0 Å². The Morgan fingerprint density at radius 1 is 1.18 bits per heavy atom. The van der Waals surface area contributed by atoms with E-state index in [1.165, 1.54) is 5.56 Å². The first-order chi connectivity index (χ1) is 10.0. The van der Waals surface area contributed by atoms with Gasteiger partial charge in [0.05, 0.1) is 4.90 Å². The van der Waals surface area contributed by atoms with Crippen LogP contribution in [0, 0.1) is 11.8 Å². The number of fused-ring (bicyclic) bond motifs is 1. The standard InChI is InChI=1S/C16H24N2O2S.ClH/c1-2-3-12-4-7-14(8-5-12)21(19,20)18-10-13-6-9-16(17)15(13)11-18;/h4-5,7-8,13,15-16H,2-3,6,9-11,17H2,1H3;1H. The van der Waals surface area contributed by atoms with Crippen molar-refractivity contribution in [2.75, 3.05) is 13.1 Å². The lowest BCUT2D eigenvalue weighted by Gasteiger charge is -2.18. The Morgan fingerprint density at radius 3 is 2.45 bits per heavy atom. The van der Waals surface area contributed by atoms with Crippen LogP contribution in [0.1, 0.15) is 31.7 Å². The maximum Gasteiger partial charge on any atom is 0.243 e. The van der Waals surface area contributed by atoms with E-state index in [0.29, 0.717) is 29.8 Å². The molecule has 3 atom stereocenters. The summed E-state index contributed by atoms with van der Waals surface area (Å²) in [6.07, 6.45) is 4.16. The van der Waals surface area contributed by atoms with Gasteiger partial charge in [0.2, 0.25) is 10.0 Å². The van der Waals surface area contributed by atoms with E-state index in [1.807, 2.05) is 12.1 Å². The molecule has 0 aromatic heterocycles. The van der Waals surface area contributed by atoms with E-state index in [4.69, 9.17) is 5.73 Å². The lowest BCUT2D eigenvalue weighted by Crippen LogP contribution is -2.33. The fraction of sp³-hybridized carbons (Fsp3) is 0.625. The zero-order valence-electron chi connectivity index (χ0n) is 12.9. The molecule has 3 unspecified atom stereocenters. The van der Waals surface area contributed by atoms with Gasteiger partial charge in [0, 0.05) is 19.1 Å². The number of benzene rings is 1. The molecule has 2 fully saturated rings. The molecule has 4 nitrogen and oxygen atoms in total. The van der Waals surface area contributed by atoms with Crippen LogP contribution >= 0.6 is 12.4 Å². The second-order valence-electron chi connectivity index (χ2n) is 6.38. The number of nitrogens with zero attached hydrogens (tertiary/aromatic N) is 1. The summed E-state index contributed by atoms with van der Waals surface area (Å²) < 4.78 is 27.1. The summed E-state index contributed by atoms with van der Waals surface area (Å²) in [5.74, 6) is 0.799. The van der Waals surface area contributed by atoms with Gasteiger partial charge < -0.3 is 5.73 Å². The van der Waals surface area contributed by atoms with Crippen LogP contribution in [0.15, 0.2) is 29.2 Å². The summed E-state index contributed by atoms with van der Waals surface area (Å²) in [6.45, 7) is 3.35. The van der Waals surface area contributed by atoms with Gasteiger partial charge in [-0.2, -0.15) is 4.31 Å². The Balaban J connectivity index is 0.00000176. The lowest BCUT2D eigenvalue weighted by atomic mass is 9.98. The van der Waals surface area contributed by atoms with Crippen LogP contribution < -0.4 is 5.73 Å². The molecule has 0 bridgehead atoms. The third kappa shape index (κ3) is 3.18. The smallest absolute Gasteiger partial charge is 0.243 e. The van der Waals surface area contributed by atoms with Gasteiger partial charge in [-0.1, -0.05) is 25.5 Å². The van der Waals surface area contributed by atoms with Crippen LogP contribution in [0.5, 0.6) is 0 Å². The highest BCUT2D eigenvalue weighted by Crippen LogP contribution is 2.39. The minimum atomic E-state index is -3.36. The Kier molecular flexibility index (Phi) is 5.54. The quantitative estimate of drug-likeness (QED) is 0.912. The third-order valence-corrected chi connectivity index (χ3v) is 6.82. The van der Waals surface area contributed by atoms with Crippen LogP contribution in [0.3, 0.4) is 0 Å². The average Bonchev–Trinajstić information content (AvgIpc) is 3.03. The number of hydrogen-bond acceptors (Lipinski definition) is 3. The molecule has 22 heavy (non-hydrogen) atoms. The minimum absolute atomic E-state index is 0. The molecule has 124 valence electrons. The molecule has 1 aliphatic heterocycles. The van der Waals surface area contributed by atoms with Gasteiger partial charge >= 0.3 is 0 Å². The highest BCUT2D eigenvalue weighted by Gasteiger charge is 2.44. The summed E-state index contributed by atoms with van der Waals surface area (Å²) in [4.78, 5) is 0.413. The average molecular weight is 345 g/mol. The Hall–Kier alpha value is -0.620. The van der Waals surface area contributed by atoms with Gasteiger partial charge in [-0.05, 0) is 48.8 Å². The predicted molar refractivity (Wildman–Crippen MR) is 90.6 cm³/mol. The number of halogens is 1. The van der Waals surface area contributed by atoms with Crippen molar-refractivity contribution in [1.29, 1.82) is 0 Å². The van der Waals surface area contributed by atoms with E-state index in [-0.39, 0.29) is 18.4 Å². The van der Waals surface area contributed by atoms with E-state index < -0.39 is 10.0 Å². The molecular formula is C16H25ClN2O2S. The summed E-state index contributed by atoms with van der Waals surface area (Å²) in [5, 5.41) is 0. The van der Waals surface area contributed by atoms with E-state index in [9.17, 15) is 8.42 Å². The van der Waals surface area contributed by atoms with Crippen molar-refractivity contribution < 1.29 is 8.42 Å². The van der Waals surface area contributed by atoms with Gasteiger partial charge in [-0.3, -0.25) is 0 Å². The number of sulfonamides is 1. The van der Waals surface area contributed by atoms with Crippen molar-refractivity contribution in [1.82, 2.24) is 4.31 Å². The van der Waals surface area contributed by atoms with Gasteiger partial charge in [0.15, 0.2) is 0 Å². The van der Waals surface area contributed by atoms with E-state index in [0.717, 1.165) is 25.7 Å². The van der Waals surface area contributed by atoms with Crippen LogP contribution in [-0.4, -0.2) is 31.9 Å². The molecule has 0 radical (unpaired) electrons. The molecule has 0 spiro atoms. The van der Waals surface area contributed by atoms with Gasteiger partial charge in [-0.15, -0.1) is 12.4 Å². The maximum atomic E-state index is 12.7. The highest BCUT2D eigenvalue weighted by atomic mass is 35.5. The zero-order chi connectivity index (χ0) is 15.0. The molecule has 1 aromatic rings. The molecule has 1 heterocycles. The highest BCUT2D eigenvalue weighted by molar-refractivity contribution is 7.89. The monoisotopic (exact) mass is 344 g/mol. The number of hydrogen-bond donors (Lipinski definition) is 1. The Morgan fingerprint density at radius 2 is 1.86 bits per heavy atom. The summed E-state index contributed by atoms with van der Waals surface area (Å²) in [7, 11) is -3.36. The summed E-state index contributed by atoms with van der Waals surface area (Å²) in [6, 6.07) is 7.52. The number of aryl methyl sites for hydroxylation is 1. The SMILES string of the molecule is CCCc1ccc(S(=O)(=O)N2CC3CCC(N)C3C2)cc1.Cl. The topological polar surface area (TPSA) is 63.4 Å². The normalized spacial score (nSPS) is 28.4. The summed E-state index contributed by atoms with van der Waals surface area (Å²) in [5.41, 5.74) is 7.29. The van der Waals surface area contributed by atoms with Crippen LogP contribution in [0.2, 0.25) is 0 Å². The molecule has 1 saturated carbocycles. The number of rotatable bonds is 4. The van der Waals surface area contributed by atoms with Crippen molar-refractivity contribution in [3.63, 3.8) is 0 Å². The molecular weight excluding hydrogens is 320 g/mol. The van der Waals surface area contributed by atoms with Gasteiger partial charge in [-0.25, -0.2) is 8.42 Å². The van der Waals surface area contributed by atoms with Crippen molar-refractivity contribution in [3.8, 4) is 0 Å². The first-order valence-electron chi connectivity index (χ1n) is 7.87. The van der Waals surface area contributed by atoms with Crippen molar-refractivity contribution in [2.45, 2.75) is 43.5 Å². The molecule has 6 heteroatoms.